The van der Waals surface area contributed by atoms with Gasteiger partial charge in [-0.3, -0.25) is 0 Å². The van der Waals surface area contributed by atoms with Crippen LogP contribution >= 0.6 is 0 Å². The lowest BCUT2D eigenvalue weighted by atomic mass is 9.94. The summed E-state index contributed by atoms with van der Waals surface area (Å²) in [6.07, 6.45) is 6.62. The van der Waals surface area contributed by atoms with Gasteiger partial charge < -0.3 is 15.2 Å². The molecule has 0 saturated heterocycles. The number of aromatic nitrogens is 6. The van der Waals surface area contributed by atoms with E-state index >= 15 is 0 Å². The molecule has 2 aromatic carbocycles. The fourth-order valence-electron chi connectivity index (χ4n) is 5.23. The van der Waals surface area contributed by atoms with Gasteiger partial charge in [0.2, 0.25) is 5.95 Å². The minimum atomic E-state index is -0.109. The molecule has 1 atom stereocenters. The van der Waals surface area contributed by atoms with Crippen LogP contribution in [0.5, 0.6) is 0 Å². The molecular formula is C27H24N8. The zero-order valence-electron chi connectivity index (χ0n) is 19.1. The van der Waals surface area contributed by atoms with Gasteiger partial charge in [0.05, 0.1) is 6.04 Å². The van der Waals surface area contributed by atoms with Crippen molar-refractivity contribution in [3.8, 4) is 11.5 Å². The number of rotatable bonds is 3. The topological polar surface area (TPSA) is 95.5 Å². The number of nitrogens with one attached hydrogen (secondary N) is 2. The van der Waals surface area contributed by atoms with Crippen molar-refractivity contribution in [3.05, 3.63) is 89.5 Å². The van der Waals surface area contributed by atoms with E-state index in [0.717, 1.165) is 43.8 Å². The van der Waals surface area contributed by atoms with Crippen molar-refractivity contribution in [1.29, 1.82) is 0 Å². The summed E-state index contributed by atoms with van der Waals surface area (Å²) in [5.74, 6) is 2.01. The highest BCUT2D eigenvalue weighted by Crippen LogP contribution is 2.35. The Labute approximate surface area is 202 Å². The second kappa shape index (κ2) is 8.25. The van der Waals surface area contributed by atoms with Crippen LogP contribution in [-0.2, 0) is 12.8 Å². The van der Waals surface area contributed by atoms with E-state index in [-0.39, 0.29) is 6.04 Å². The third kappa shape index (κ3) is 3.45. The molecule has 0 aliphatic carbocycles. The fourth-order valence-corrected chi connectivity index (χ4v) is 5.23. The molecule has 0 bridgehead atoms. The first-order valence-electron chi connectivity index (χ1n) is 12.1. The minimum absolute atomic E-state index is 0.109. The lowest BCUT2D eigenvalue weighted by molar-refractivity contribution is 0.545. The van der Waals surface area contributed by atoms with Crippen LogP contribution in [0.2, 0.25) is 0 Å². The Bertz CT molecular complexity index is 1530. The SMILES string of the molecule is c1cnc(-c2nc(C3NCCc4ccccc43)nc3nc(N4CCCc5ccccc54)[nH]c23)nc1. The van der Waals surface area contributed by atoms with Crippen LogP contribution in [-0.4, -0.2) is 43.0 Å². The van der Waals surface area contributed by atoms with Gasteiger partial charge in [-0.05, 0) is 48.1 Å². The summed E-state index contributed by atoms with van der Waals surface area (Å²) in [6.45, 7) is 1.77. The highest BCUT2D eigenvalue weighted by Gasteiger charge is 2.27. The first-order valence-corrected chi connectivity index (χ1v) is 12.1. The smallest absolute Gasteiger partial charge is 0.210 e. The maximum atomic E-state index is 5.01. The van der Waals surface area contributed by atoms with Crippen molar-refractivity contribution in [2.45, 2.75) is 25.3 Å². The molecule has 8 heteroatoms. The number of para-hydroxylation sites is 1. The van der Waals surface area contributed by atoms with Crippen molar-refractivity contribution in [1.82, 2.24) is 35.2 Å². The Morgan fingerprint density at radius 3 is 2.57 bits per heavy atom. The van der Waals surface area contributed by atoms with Gasteiger partial charge in [-0.25, -0.2) is 19.9 Å². The number of H-pyrrole nitrogens is 1. The molecule has 172 valence electrons. The van der Waals surface area contributed by atoms with Gasteiger partial charge in [0.15, 0.2) is 17.3 Å². The minimum Gasteiger partial charge on any atom is -0.320 e. The zero-order chi connectivity index (χ0) is 23.2. The van der Waals surface area contributed by atoms with E-state index in [1.54, 1.807) is 12.4 Å². The highest BCUT2D eigenvalue weighted by molar-refractivity contribution is 5.87. The first kappa shape index (κ1) is 20.2. The van der Waals surface area contributed by atoms with Gasteiger partial charge in [-0.2, -0.15) is 4.98 Å². The molecule has 3 aromatic heterocycles. The van der Waals surface area contributed by atoms with E-state index in [1.807, 2.05) is 6.07 Å². The molecular weight excluding hydrogens is 436 g/mol. The quantitative estimate of drug-likeness (QED) is 0.418. The van der Waals surface area contributed by atoms with Gasteiger partial charge in [-0.15, -0.1) is 0 Å². The number of imidazole rings is 1. The van der Waals surface area contributed by atoms with E-state index in [9.17, 15) is 0 Å². The number of nitrogens with zero attached hydrogens (tertiary/aromatic N) is 6. The number of hydrogen-bond acceptors (Lipinski definition) is 7. The number of benzene rings is 2. The third-order valence-electron chi connectivity index (χ3n) is 6.87. The molecule has 0 radical (unpaired) electrons. The van der Waals surface area contributed by atoms with Crippen LogP contribution in [0.3, 0.4) is 0 Å². The molecule has 5 heterocycles. The molecule has 5 aromatic rings. The number of hydrogen-bond donors (Lipinski definition) is 2. The van der Waals surface area contributed by atoms with Crippen molar-refractivity contribution in [3.63, 3.8) is 0 Å². The third-order valence-corrected chi connectivity index (χ3v) is 6.87. The fraction of sp³-hybridized carbons (Fsp3) is 0.222. The number of fused-ring (bicyclic) bond motifs is 3. The summed E-state index contributed by atoms with van der Waals surface area (Å²) in [5.41, 5.74) is 7.10. The normalized spacial score (nSPS) is 17.3. The molecule has 2 N–H and O–H groups in total. The van der Waals surface area contributed by atoms with E-state index in [4.69, 9.17) is 15.0 Å². The molecule has 2 aliphatic heterocycles. The second-order valence-corrected chi connectivity index (χ2v) is 8.98. The Hall–Kier alpha value is -4.17. The molecule has 2 aliphatic rings. The van der Waals surface area contributed by atoms with Crippen molar-refractivity contribution < 1.29 is 0 Å². The van der Waals surface area contributed by atoms with Crippen molar-refractivity contribution >= 4 is 22.8 Å². The predicted octanol–water partition coefficient (Wildman–Crippen LogP) is 4.13. The van der Waals surface area contributed by atoms with Crippen molar-refractivity contribution in [2.24, 2.45) is 0 Å². The highest BCUT2D eigenvalue weighted by atomic mass is 15.3. The van der Waals surface area contributed by atoms with Crippen LogP contribution in [0.1, 0.15) is 35.0 Å². The second-order valence-electron chi connectivity index (χ2n) is 8.98. The maximum Gasteiger partial charge on any atom is 0.210 e. The summed E-state index contributed by atoms with van der Waals surface area (Å²) in [7, 11) is 0. The van der Waals surface area contributed by atoms with Gasteiger partial charge in [-0.1, -0.05) is 42.5 Å². The van der Waals surface area contributed by atoms with E-state index in [1.165, 1.54) is 22.4 Å². The summed E-state index contributed by atoms with van der Waals surface area (Å²) in [6, 6.07) is 18.7. The molecule has 7 rings (SSSR count). The average Bonchev–Trinajstić information content (AvgIpc) is 3.36. The molecule has 8 nitrogen and oxygen atoms in total. The van der Waals surface area contributed by atoms with E-state index in [2.05, 4.69) is 73.7 Å². The zero-order valence-corrected chi connectivity index (χ0v) is 19.1. The van der Waals surface area contributed by atoms with Gasteiger partial charge in [0.25, 0.3) is 0 Å². The Morgan fingerprint density at radius 2 is 1.66 bits per heavy atom. The van der Waals surface area contributed by atoms with Crippen LogP contribution in [0.15, 0.2) is 67.0 Å². The molecule has 0 amide bonds. The molecule has 1 unspecified atom stereocenters. The summed E-state index contributed by atoms with van der Waals surface area (Å²) in [4.78, 5) is 29.7. The molecule has 0 saturated carbocycles. The Morgan fingerprint density at radius 1 is 0.829 bits per heavy atom. The monoisotopic (exact) mass is 460 g/mol. The van der Waals surface area contributed by atoms with Crippen LogP contribution < -0.4 is 10.2 Å². The summed E-state index contributed by atoms with van der Waals surface area (Å²) in [5, 5.41) is 3.60. The number of anilines is 2. The molecule has 0 fully saturated rings. The summed E-state index contributed by atoms with van der Waals surface area (Å²) < 4.78 is 0. The van der Waals surface area contributed by atoms with Crippen molar-refractivity contribution in [2.75, 3.05) is 18.0 Å². The van der Waals surface area contributed by atoms with Crippen LogP contribution in [0, 0.1) is 0 Å². The lowest BCUT2D eigenvalue weighted by Crippen LogP contribution is -2.32. The largest absolute Gasteiger partial charge is 0.320 e. The van der Waals surface area contributed by atoms with E-state index in [0.29, 0.717) is 23.0 Å². The van der Waals surface area contributed by atoms with Gasteiger partial charge in [0.1, 0.15) is 11.2 Å². The predicted molar refractivity (Wildman–Crippen MR) is 134 cm³/mol. The number of aryl methyl sites for hydroxylation is 1. The Kier molecular flexibility index (Phi) is 4.77. The van der Waals surface area contributed by atoms with E-state index < -0.39 is 0 Å². The lowest BCUT2D eigenvalue weighted by Gasteiger charge is -2.28. The van der Waals surface area contributed by atoms with Crippen LogP contribution in [0.4, 0.5) is 11.6 Å². The van der Waals surface area contributed by atoms with Gasteiger partial charge in [0, 0.05) is 31.2 Å². The molecule has 35 heavy (non-hydrogen) atoms. The van der Waals surface area contributed by atoms with Gasteiger partial charge >= 0.3 is 0 Å². The maximum absolute atomic E-state index is 5.01. The molecule has 0 spiro atoms. The standard InChI is InChI=1S/C27H24N8/c1-3-10-19-17(7-1)12-15-28-21(19)25-31-22(24-29-13-6-14-30-24)23-26(33-25)34-27(32-23)35-16-5-9-18-8-2-4-11-20(18)35/h1-4,6-8,10-11,13-14,21,28H,5,9,12,15-16H2,(H,31,32,33,34). The Balaban J connectivity index is 1.41. The summed E-state index contributed by atoms with van der Waals surface area (Å²) >= 11 is 0. The van der Waals surface area contributed by atoms with Crippen LogP contribution in [0.25, 0.3) is 22.7 Å². The number of aromatic amines is 1. The average molecular weight is 461 g/mol. The first-order chi connectivity index (χ1) is 17.3.